The lowest BCUT2D eigenvalue weighted by Gasteiger charge is -2.23. The van der Waals surface area contributed by atoms with E-state index in [1.807, 2.05) is 19.9 Å². The summed E-state index contributed by atoms with van der Waals surface area (Å²) in [7, 11) is 1.70. The van der Waals surface area contributed by atoms with Crippen LogP contribution in [0.4, 0.5) is 0 Å². The van der Waals surface area contributed by atoms with Crippen LogP contribution in [0.15, 0.2) is 23.2 Å². The highest BCUT2D eigenvalue weighted by atomic mass is 127. The van der Waals surface area contributed by atoms with Crippen LogP contribution in [0.2, 0.25) is 0 Å². The molecule has 6 nitrogen and oxygen atoms in total. The van der Waals surface area contributed by atoms with E-state index in [1.54, 1.807) is 7.05 Å². The molecule has 2 rings (SSSR count). The first kappa shape index (κ1) is 24.5. The number of halogens is 1. The number of hydrogen-bond acceptors (Lipinski definition) is 3. The van der Waals surface area contributed by atoms with E-state index in [1.165, 1.54) is 19.3 Å². The number of nitrogens with zero attached hydrogens (tertiary/aromatic N) is 1. The van der Waals surface area contributed by atoms with E-state index in [4.69, 9.17) is 4.74 Å². The third kappa shape index (κ3) is 8.67. The molecule has 0 aromatic heterocycles. The molecule has 1 aromatic carbocycles. The van der Waals surface area contributed by atoms with Crippen molar-refractivity contribution in [3.63, 3.8) is 0 Å². The Kier molecular flexibility index (Phi) is 11.3. The molecule has 1 saturated carbocycles. The van der Waals surface area contributed by atoms with Crippen molar-refractivity contribution >= 4 is 35.8 Å². The van der Waals surface area contributed by atoms with Crippen molar-refractivity contribution < 1.29 is 9.53 Å². The molecular formula is C21H35IN4O2. The molecule has 1 aliphatic carbocycles. The predicted octanol–water partition coefficient (Wildman–Crippen LogP) is 3.51. The largest absolute Gasteiger partial charge is 0.491 e. The summed E-state index contributed by atoms with van der Waals surface area (Å²) in [4.78, 5) is 16.3. The van der Waals surface area contributed by atoms with Gasteiger partial charge in [-0.2, -0.15) is 0 Å². The second-order valence-corrected chi connectivity index (χ2v) is 7.46. The van der Waals surface area contributed by atoms with Crippen molar-refractivity contribution in [2.45, 2.75) is 71.6 Å². The van der Waals surface area contributed by atoms with Crippen LogP contribution in [0.25, 0.3) is 0 Å². The minimum absolute atomic E-state index is 0. The zero-order valence-corrected chi connectivity index (χ0v) is 19.8. The maximum atomic E-state index is 12.1. The van der Waals surface area contributed by atoms with Crippen LogP contribution in [0, 0.1) is 6.92 Å². The number of carbonyl (C=O) groups is 1. The monoisotopic (exact) mass is 502 g/mol. The minimum atomic E-state index is 0. The minimum Gasteiger partial charge on any atom is -0.491 e. The van der Waals surface area contributed by atoms with Gasteiger partial charge in [0.25, 0.3) is 0 Å². The first-order valence-electron chi connectivity index (χ1n) is 9.98. The molecule has 0 spiro atoms. The van der Waals surface area contributed by atoms with Gasteiger partial charge in [0, 0.05) is 25.2 Å². The topological polar surface area (TPSA) is 74.8 Å². The van der Waals surface area contributed by atoms with Gasteiger partial charge in [-0.15, -0.1) is 24.0 Å². The van der Waals surface area contributed by atoms with Gasteiger partial charge in [-0.25, -0.2) is 0 Å². The Morgan fingerprint density at radius 1 is 1.21 bits per heavy atom. The molecule has 1 fully saturated rings. The normalized spacial score (nSPS) is 15.0. The van der Waals surface area contributed by atoms with Gasteiger partial charge >= 0.3 is 0 Å². The van der Waals surface area contributed by atoms with E-state index in [9.17, 15) is 4.79 Å². The highest BCUT2D eigenvalue weighted by Gasteiger charge is 2.15. The number of amides is 1. The molecule has 0 atom stereocenters. The average molecular weight is 502 g/mol. The van der Waals surface area contributed by atoms with E-state index in [0.717, 1.165) is 29.7 Å². The highest BCUT2D eigenvalue weighted by Crippen LogP contribution is 2.21. The van der Waals surface area contributed by atoms with Gasteiger partial charge in [0.15, 0.2) is 5.96 Å². The van der Waals surface area contributed by atoms with Crippen molar-refractivity contribution in [1.82, 2.24) is 16.0 Å². The fourth-order valence-corrected chi connectivity index (χ4v) is 3.26. The quantitative estimate of drug-likeness (QED) is 0.303. The molecule has 158 valence electrons. The van der Waals surface area contributed by atoms with Gasteiger partial charge in [0.05, 0.1) is 12.6 Å². The van der Waals surface area contributed by atoms with Gasteiger partial charge < -0.3 is 20.7 Å². The lowest BCUT2D eigenvalue weighted by molar-refractivity contribution is -0.120. The van der Waals surface area contributed by atoms with Gasteiger partial charge in [0.2, 0.25) is 5.91 Å². The molecule has 1 amide bonds. The summed E-state index contributed by atoms with van der Waals surface area (Å²) >= 11 is 0. The van der Waals surface area contributed by atoms with Crippen molar-refractivity contribution in [1.29, 1.82) is 0 Å². The Labute approximate surface area is 186 Å². The van der Waals surface area contributed by atoms with E-state index in [-0.39, 0.29) is 42.5 Å². The predicted molar refractivity (Wildman–Crippen MR) is 126 cm³/mol. The zero-order valence-electron chi connectivity index (χ0n) is 17.5. The summed E-state index contributed by atoms with van der Waals surface area (Å²) in [5, 5.41) is 9.45. The number of hydrogen-bond donors (Lipinski definition) is 3. The van der Waals surface area contributed by atoms with E-state index in [2.05, 4.69) is 40.0 Å². The molecule has 1 aliphatic rings. The maximum absolute atomic E-state index is 12.1. The number of aryl methyl sites for hydroxylation is 1. The zero-order chi connectivity index (χ0) is 19.6. The summed E-state index contributed by atoms with van der Waals surface area (Å²) < 4.78 is 5.91. The fourth-order valence-electron chi connectivity index (χ4n) is 3.26. The van der Waals surface area contributed by atoms with Crippen LogP contribution in [0.3, 0.4) is 0 Å². The molecule has 0 heterocycles. The summed E-state index contributed by atoms with van der Waals surface area (Å²) in [6, 6.07) is 6.50. The van der Waals surface area contributed by atoms with Crippen LogP contribution in [0.1, 0.15) is 57.1 Å². The van der Waals surface area contributed by atoms with Crippen molar-refractivity contribution in [2.24, 2.45) is 4.99 Å². The van der Waals surface area contributed by atoms with Crippen LogP contribution in [0.5, 0.6) is 5.75 Å². The molecule has 0 radical (unpaired) electrons. The molecule has 0 aliphatic heterocycles. The van der Waals surface area contributed by atoms with Gasteiger partial charge in [-0.1, -0.05) is 31.4 Å². The average Bonchev–Trinajstić information content (AvgIpc) is 2.63. The number of aliphatic imine (C=N–C) groups is 1. The highest BCUT2D eigenvalue weighted by molar-refractivity contribution is 14.0. The molecule has 1 aromatic rings. The lowest BCUT2D eigenvalue weighted by Crippen LogP contribution is -2.45. The lowest BCUT2D eigenvalue weighted by atomic mass is 9.95. The molecule has 0 unspecified atom stereocenters. The van der Waals surface area contributed by atoms with Crippen molar-refractivity contribution in [2.75, 3.05) is 13.6 Å². The molecule has 0 bridgehead atoms. The number of nitrogens with one attached hydrogen (secondary N) is 3. The molecule has 7 heteroatoms. The third-order valence-electron chi connectivity index (χ3n) is 4.64. The van der Waals surface area contributed by atoms with Crippen LogP contribution in [-0.4, -0.2) is 37.6 Å². The summed E-state index contributed by atoms with van der Waals surface area (Å²) in [5.41, 5.74) is 2.22. The number of benzene rings is 1. The third-order valence-corrected chi connectivity index (χ3v) is 4.64. The molecule has 28 heavy (non-hydrogen) atoms. The van der Waals surface area contributed by atoms with Crippen LogP contribution in [-0.2, 0) is 11.3 Å². The first-order valence-corrected chi connectivity index (χ1v) is 9.98. The summed E-state index contributed by atoms with van der Waals surface area (Å²) in [6.07, 6.45) is 5.99. The van der Waals surface area contributed by atoms with Gasteiger partial charge in [0.1, 0.15) is 5.75 Å². The number of guanidine groups is 1. The maximum Gasteiger partial charge on any atom is 0.239 e. The number of ether oxygens (including phenoxy) is 1. The Morgan fingerprint density at radius 3 is 2.57 bits per heavy atom. The fraction of sp³-hybridized carbons (Fsp3) is 0.619. The van der Waals surface area contributed by atoms with Gasteiger partial charge in [-0.05, 0) is 45.2 Å². The summed E-state index contributed by atoms with van der Waals surface area (Å²) in [6.45, 7) is 6.89. The van der Waals surface area contributed by atoms with Crippen LogP contribution >= 0.6 is 24.0 Å². The second-order valence-electron chi connectivity index (χ2n) is 7.46. The Hall–Kier alpha value is -1.51. The van der Waals surface area contributed by atoms with Crippen molar-refractivity contribution in [3.8, 4) is 5.75 Å². The van der Waals surface area contributed by atoms with Gasteiger partial charge in [-0.3, -0.25) is 9.79 Å². The second kappa shape index (κ2) is 12.9. The smallest absolute Gasteiger partial charge is 0.239 e. The molecular weight excluding hydrogens is 467 g/mol. The van der Waals surface area contributed by atoms with E-state index >= 15 is 0 Å². The summed E-state index contributed by atoms with van der Waals surface area (Å²) in [5.74, 6) is 1.50. The Balaban J connectivity index is 0.00000392. The van der Waals surface area contributed by atoms with E-state index < -0.39 is 0 Å². The standard InChI is InChI=1S/C21H34N4O2.HI/c1-15(2)27-19-12-16(3)10-11-17(19)13-23-21(22-4)24-14-20(26)25-18-8-6-5-7-9-18;/h10-12,15,18H,5-9,13-14H2,1-4H3,(H,25,26)(H2,22,23,24);1H. The number of carbonyl (C=O) groups excluding carboxylic acids is 1. The Bertz CT molecular complexity index is 643. The van der Waals surface area contributed by atoms with Crippen molar-refractivity contribution in [3.05, 3.63) is 29.3 Å². The SMILES string of the molecule is CN=C(NCC(=O)NC1CCCCC1)NCc1ccc(C)cc1OC(C)C.I. The first-order chi connectivity index (χ1) is 13.0. The number of rotatable bonds is 7. The van der Waals surface area contributed by atoms with Crippen LogP contribution < -0.4 is 20.7 Å². The molecule has 0 saturated heterocycles. The molecule has 3 N–H and O–H groups in total. The van der Waals surface area contributed by atoms with E-state index in [0.29, 0.717) is 18.5 Å². The Morgan fingerprint density at radius 2 is 1.93 bits per heavy atom.